The molecule has 148 valence electrons. The fourth-order valence-electron chi connectivity index (χ4n) is 2.89. The smallest absolute Gasteiger partial charge is 0.360 e. The van der Waals surface area contributed by atoms with Crippen molar-refractivity contribution in [2.45, 2.75) is 13.1 Å². The van der Waals surface area contributed by atoms with Gasteiger partial charge in [0.1, 0.15) is 16.5 Å². The fourth-order valence-corrected chi connectivity index (χ4v) is 4.30. The molecule has 3 aromatic heterocycles. The first-order valence-corrected chi connectivity index (χ1v) is 9.79. The monoisotopic (exact) mass is 455 g/mol. The van der Waals surface area contributed by atoms with Crippen molar-refractivity contribution in [2.75, 3.05) is 0 Å². The van der Waals surface area contributed by atoms with Gasteiger partial charge in [-0.2, -0.15) is 13.2 Å². The maximum Gasteiger partial charge on any atom is 0.417 e. The summed E-state index contributed by atoms with van der Waals surface area (Å²) in [5.74, 6) is 0.440. The van der Waals surface area contributed by atoms with Crippen molar-refractivity contribution < 1.29 is 17.7 Å². The molecule has 0 spiro atoms. The van der Waals surface area contributed by atoms with E-state index in [9.17, 15) is 13.2 Å². The highest BCUT2D eigenvalue weighted by Gasteiger charge is 2.34. The molecule has 3 heterocycles. The normalized spacial score (nSPS) is 11.8. The molecule has 0 amide bonds. The van der Waals surface area contributed by atoms with E-state index in [0.717, 1.165) is 29.8 Å². The molecule has 4 rings (SSSR count). The van der Waals surface area contributed by atoms with E-state index in [1.807, 2.05) is 0 Å². The lowest BCUT2D eigenvalue weighted by molar-refractivity contribution is -0.137. The van der Waals surface area contributed by atoms with E-state index in [-0.39, 0.29) is 10.6 Å². The Bertz CT molecular complexity index is 1180. The van der Waals surface area contributed by atoms with Crippen molar-refractivity contribution in [1.82, 2.24) is 15.1 Å². The molecule has 4 nitrogen and oxygen atoms in total. The predicted molar refractivity (Wildman–Crippen MR) is 106 cm³/mol. The Hall–Kier alpha value is -2.42. The van der Waals surface area contributed by atoms with Gasteiger partial charge in [0.25, 0.3) is 0 Å². The second-order valence-corrected chi connectivity index (χ2v) is 7.69. The molecule has 0 aliphatic rings. The van der Waals surface area contributed by atoms with Crippen molar-refractivity contribution in [3.05, 3.63) is 63.4 Å². The number of alkyl halides is 3. The number of pyridine rings is 1. The topological polar surface area (TPSA) is 51.8 Å². The quantitative estimate of drug-likeness (QED) is 0.328. The van der Waals surface area contributed by atoms with Crippen LogP contribution in [0.1, 0.15) is 11.3 Å². The fraction of sp³-hybridized carbons (Fsp3) is 0.105. The van der Waals surface area contributed by atoms with Gasteiger partial charge in [0.05, 0.1) is 26.9 Å². The molecule has 29 heavy (non-hydrogen) atoms. The zero-order valence-electron chi connectivity index (χ0n) is 14.6. The molecule has 0 radical (unpaired) electrons. The molecule has 0 bridgehead atoms. The van der Waals surface area contributed by atoms with Gasteiger partial charge in [-0.05, 0) is 25.1 Å². The van der Waals surface area contributed by atoms with Gasteiger partial charge < -0.3 is 4.52 Å². The Morgan fingerprint density at radius 1 is 1.07 bits per heavy atom. The number of nitrogens with zero attached hydrogens (tertiary/aromatic N) is 3. The van der Waals surface area contributed by atoms with E-state index in [4.69, 9.17) is 27.7 Å². The molecule has 0 saturated heterocycles. The molecule has 0 N–H and O–H groups in total. The van der Waals surface area contributed by atoms with Crippen LogP contribution < -0.4 is 0 Å². The first kappa shape index (κ1) is 19.9. The van der Waals surface area contributed by atoms with Gasteiger partial charge >= 0.3 is 6.18 Å². The molecule has 4 aromatic rings. The predicted octanol–water partition coefficient (Wildman–Crippen LogP) is 7.16. The van der Waals surface area contributed by atoms with Crippen LogP contribution in [0.5, 0.6) is 0 Å². The number of thiazole rings is 1. The highest BCUT2D eigenvalue weighted by atomic mass is 35.5. The highest BCUT2D eigenvalue weighted by molar-refractivity contribution is 7.13. The Morgan fingerprint density at radius 3 is 2.48 bits per heavy atom. The summed E-state index contributed by atoms with van der Waals surface area (Å²) in [6, 6.07) is 5.95. The number of aryl methyl sites for hydroxylation is 1. The maximum absolute atomic E-state index is 13.3. The second-order valence-electron chi connectivity index (χ2n) is 6.02. The first-order valence-electron chi connectivity index (χ1n) is 8.15. The minimum Gasteiger partial charge on any atom is -0.360 e. The van der Waals surface area contributed by atoms with Gasteiger partial charge in [-0.25, -0.2) is 4.98 Å². The third-order valence-electron chi connectivity index (χ3n) is 4.18. The van der Waals surface area contributed by atoms with E-state index in [0.29, 0.717) is 38.3 Å². The van der Waals surface area contributed by atoms with Crippen LogP contribution in [0, 0.1) is 6.92 Å². The number of halogens is 5. The van der Waals surface area contributed by atoms with Crippen LogP contribution in [0.25, 0.3) is 33.1 Å². The summed E-state index contributed by atoms with van der Waals surface area (Å²) in [7, 11) is 0. The van der Waals surface area contributed by atoms with E-state index in [1.165, 1.54) is 0 Å². The van der Waals surface area contributed by atoms with E-state index in [2.05, 4.69) is 15.1 Å². The Kier molecular flexibility index (Phi) is 5.10. The molecule has 1 aromatic carbocycles. The summed E-state index contributed by atoms with van der Waals surface area (Å²) < 4.78 is 45.4. The molecule has 0 aliphatic carbocycles. The zero-order chi connectivity index (χ0) is 20.8. The third kappa shape index (κ3) is 3.63. The van der Waals surface area contributed by atoms with Crippen molar-refractivity contribution in [3.63, 3.8) is 0 Å². The standard InChI is InChI=1S/C19H10Cl2F3N3OS/c1-9-15(17(27-28-9)16-12(20)3-2-4-13(16)21)14-8-29-18(26-14)10-7-25-6-5-11(10)19(22,23)24/h2-8H,1H3. The van der Waals surface area contributed by atoms with Gasteiger partial charge in [0.15, 0.2) is 0 Å². The molecule has 0 fully saturated rings. The number of hydrogen-bond donors (Lipinski definition) is 0. The highest BCUT2D eigenvalue weighted by Crippen LogP contribution is 2.43. The summed E-state index contributed by atoms with van der Waals surface area (Å²) in [5.41, 5.74) is 0.867. The van der Waals surface area contributed by atoms with E-state index >= 15 is 0 Å². The SMILES string of the molecule is Cc1onc(-c2c(Cl)cccc2Cl)c1-c1csc(-c2cnccc2C(F)(F)F)n1. The van der Waals surface area contributed by atoms with Gasteiger partial charge in [-0.1, -0.05) is 34.4 Å². The lowest BCUT2D eigenvalue weighted by Crippen LogP contribution is -2.07. The largest absolute Gasteiger partial charge is 0.417 e. The van der Waals surface area contributed by atoms with E-state index < -0.39 is 11.7 Å². The molecule has 0 atom stereocenters. The lowest BCUT2D eigenvalue weighted by Gasteiger charge is -2.09. The van der Waals surface area contributed by atoms with Crippen molar-refractivity contribution in [1.29, 1.82) is 0 Å². The maximum atomic E-state index is 13.3. The van der Waals surface area contributed by atoms with Crippen LogP contribution >= 0.6 is 34.5 Å². The van der Waals surface area contributed by atoms with Crippen LogP contribution in [-0.4, -0.2) is 15.1 Å². The zero-order valence-corrected chi connectivity index (χ0v) is 16.9. The van der Waals surface area contributed by atoms with Crippen LogP contribution in [0.3, 0.4) is 0 Å². The molecular formula is C19H10Cl2F3N3OS. The summed E-state index contributed by atoms with van der Waals surface area (Å²) in [6.07, 6.45) is -2.27. The van der Waals surface area contributed by atoms with E-state index in [1.54, 1.807) is 30.5 Å². The van der Waals surface area contributed by atoms with Crippen LogP contribution in [0.15, 0.2) is 46.6 Å². The summed E-state index contributed by atoms with van der Waals surface area (Å²) in [5, 5.41) is 6.60. The third-order valence-corrected chi connectivity index (χ3v) is 5.69. The van der Waals surface area contributed by atoms with Gasteiger partial charge in [0, 0.05) is 28.9 Å². The Balaban J connectivity index is 1.85. The number of benzene rings is 1. The molecule has 10 heteroatoms. The van der Waals surface area contributed by atoms with Crippen molar-refractivity contribution in [3.8, 4) is 33.1 Å². The number of hydrogen-bond acceptors (Lipinski definition) is 5. The van der Waals surface area contributed by atoms with Crippen LogP contribution in [0.4, 0.5) is 13.2 Å². The Labute approximate surface area is 176 Å². The lowest BCUT2D eigenvalue weighted by atomic mass is 10.0. The minimum atomic E-state index is -4.52. The van der Waals surface area contributed by atoms with Crippen LogP contribution in [0.2, 0.25) is 10.0 Å². The average Bonchev–Trinajstić information content (AvgIpc) is 3.28. The number of rotatable bonds is 3. The van der Waals surface area contributed by atoms with Crippen molar-refractivity contribution >= 4 is 34.5 Å². The summed E-state index contributed by atoms with van der Waals surface area (Å²) in [6.45, 7) is 1.68. The Morgan fingerprint density at radius 2 is 1.79 bits per heavy atom. The van der Waals surface area contributed by atoms with Crippen molar-refractivity contribution in [2.24, 2.45) is 0 Å². The molecule has 0 aliphatic heterocycles. The number of aromatic nitrogens is 3. The van der Waals surface area contributed by atoms with Gasteiger partial charge in [-0.3, -0.25) is 4.98 Å². The van der Waals surface area contributed by atoms with Gasteiger partial charge in [-0.15, -0.1) is 11.3 Å². The molecule has 0 saturated carbocycles. The molecular weight excluding hydrogens is 446 g/mol. The van der Waals surface area contributed by atoms with Gasteiger partial charge in [0.2, 0.25) is 0 Å². The average molecular weight is 456 g/mol. The van der Waals surface area contributed by atoms with Crippen LogP contribution in [-0.2, 0) is 6.18 Å². The minimum absolute atomic E-state index is 0.0947. The summed E-state index contributed by atoms with van der Waals surface area (Å²) in [4.78, 5) is 8.21. The second kappa shape index (κ2) is 7.44. The first-order chi connectivity index (χ1) is 13.8. The molecule has 0 unspecified atom stereocenters. The summed E-state index contributed by atoms with van der Waals surface area (Å²) >= 11 is 13.6.